The predicted octanol–water partition coefficient (Wildman–Crippen LogP) is 1.23. The van der Waals surface area contributed by atoms with Gasteiger partial charge in [0, 0.05) is 36.9 Å². The first-order valence-corrected chi connectivity index (χ1v) is 6.96. The monoisotopic (exact) mass is 281 g/mol. The summed E-state index contributed by atoms with van der Waals surface area (Å²) in [6.45, 7) is 0.563. The number of amides is 1. The Hall–Kier alpha value is -1.73. The highest BCUT2D eigenvalue weighted by Gasteiger charge is 2.10. The van der Waals surface area contributed by atoms with Gasteiger partial charge in [-0.3, -0.25) is 4.79 Å². The van der Waals surface area contributed by atoms with Crippen molar-refractivity contribution in [2.24, 2.45) is 0 Å². The van der Waals surface area contributed by atoms with Gasteiger partial charge < -0.3 is 14.9 Å². The zero-order valence-electron chi connectivity index (χ0n) is 10.3. The Balaban J connectivity index is 1.79. The van der Waals surface area contributed by atoms with Crippen molar-refractivity contribution >= 4 is 17.2 Å². The van der Waals surface area contributed by atoms with Crippen LogP contribution in [0, 0.1) is 0 Å². The van der Waals surface area contributed by atoms with Crippen molar-refractivity contribution in [1.29, 1.82) is 0 Å². The number of carbonyl (C=O) groups is 1. The number of carbonyl (C=O) groups excluding carboxylic acids is 1. The maximum absolute atomic E-state index is 11.4. The van der Waals surface area contributed by atoms with Crippen LogP contribution in [0.15, 0.2) is 21.3 Å². The van der Waals surface area contributed by atoms with Gasteiger partial charge in [0.25, 0.3) is 0 Å². The molecule has 2 rings (SSSR count). The number of nitrogens with zero attached hydrogens (tertiary/aromatic N) is 2. The second-order valence-corrected chi connectivity index (χ2v) is 4.73. The molecule has 0 saturated carbocycles. The Morgan fingerprint density at radius 2 is 2.42 bits per heavy atom. The van der Waals surface area contributed by atoms with E-state index in [9.17, 15) is 4.79 Å². The predicted molar refractivity (Wildman–Crippen MR) is 70.6 cm³/mol. The van der Waals surface area contributed by atoms with E-state index in [4.69, 9.17) is 9.63 Å². The highest BCUT2D eigenvalue weighted by molar-refractivity contribution is 7.08. The number of nitrogens with one attached hydrogen (secondary N) is 1. The van der Waals surface area contributed by atoms with Crippen LogP contribution in [0.4, 0.5) is 0 Å². The molecule has 2 heterocycles. The van der Waals surface area contributed by atoms with Crippen molar-refractivity contribution in [3.8, 4) is 11.4 Å². The van der Waals surface area contributed by atoms with Gasteiger partial charge in [-0.1, -0.05) is 5.16 Å². The average molecular weight is 281 g/mol. The molecule has 2 aromatic heterocycles. The molecule has 6 nitrogen and oxygen atoms in total. The zero-order valence-corrected chi connectivity index (χ0v) is 11.2. The molecule has 0 saturated heterocycles. The second-order valence-electron chi connectivity index (χ2n) is 3.95. The van der Waals surface area contributed by atoms with Crippen molar-refractivity contribution in [1.82, 2.24) is 15.5 Å². The third-order valence-electron chi connectivity index (χ3n) is 2.47. The summed E-state index contributed by atoms with van der Waals surface area (Å²) >= 11 is 1.57. The molecule has 0 bridgehead atoms. The Kier molecular flexibility index (Phi) is 5.05. The van der Waals surface area contributed by atoms with Gasteiger partial charge >= 0.3 is 0 Å². The fraction of sp³-hybridized carbons (Fsp3) is 0.417. The first-order chi connectivity index (χ1) is 9.29. The van der Waals surface area contributed by atoms with Crippen LogP contribution in [-0.2, 0) is 11.2 Å². The fourth-order valence-corrected chi connectivity index (χ4v) is 2.12. The van der Waals surface area contributed by atoms with Crippen molar-refractivity contribution < 1.29 is 14.4 Å². The minimum absolute atomic E-state index is 0.0773. The Morgan fingerprint density at radius 3 is 3.16 bits per heavy atom. The van der Waals surface area contributed by atoms with E-state index in [-0.39, 0.29) is 12.5 Å². The van der Waals surface area contributed by atoms with Gasteiger partial charge in [0.15, 0.2) is 0 Å². The summed E-state index contributed by atoms with van der Waals surface area (Å²) in [7, 11) is 0. The van der Waals surface area contributed by atoms with Crippen LogP contribution < -0.4 is 5.32 Å². The second kappa shape index (κ2) is 7.01. The molecule has 0 radical (unpaired) electrons. The van der Waals surface area contributed by atoms with E-state index in [2.05, 4.69) is 15.5 Å². The number of hydrogen-bond donors (Lipinski definition) is 2. The maximum Gasteiger partial charge on any atom is 0.227 e. The molecular formula is C12H15N3O3S. The van der Waals surface area contributed by atoms with Crippen LogP contribution in [0.3, 0.4) is 0 Å². The standard InChI is InChI=1S/C12H15N3O3S/c16-6-1-5-13-10(17)2-3-11-14-12(15-18-11)9-4-7-19-8-9/h4,7-8,16H,1-3,5-6H2,(H,13,17). The summed E-state index contributed by atoms with van der Waals surface area (Å²) in [6.07, 6.45) is 1.29. The van der Waals surface area contributed by atoms with Crippen LogP contribution in [-0.4, -0.2) is 34.3 Å². The number of thiophene rings is 1. The van der Waals surface area contributed by atoms with Crippen molar-refractivity contribution in [2.45, 2.75) is 19.3 Å². The largest absolute Gasteiger partial charge is 0.396 e. The first kappa shape index (κ1) is 13.7. The highest BCUT2D eigenvalue weighted by atomic mass is 32.1. The minimum Gasteiger partial charge on any atom is -0.396 e. The normalized spacial score (nSPS) is 10.6. The van der Waals surface area contributed by atoms with Gasteiger partial charge in [0.05, 0.1) is 0 Å². The summed E-state index contributed by atoms with van der Waals surface area (Å²) in [6, 6.07) is 1.92. The fourth-order valence-electron chi connectivity index (χ4n) is 1.48. The summed E-state index contributed by atoms with van der Waals surface area (Å²) in [5.41, 5.74) is 0.924. The van der Waals surface area contributed by atoms with E-state index >= 15 is 0 Å². The Morgan fingerprint density at radius 1 is 1.53 bits per heavy atom. The minimum atomic E-state index is -0.0799. The van der Waals surface area contributed by atoms with Crippen molar-refractivity contribution in [3.63, 3.8) is 0 Å². The average Bonchev–Trinajstić information content (AvgIpc) is 3.07. The van der Waals surface area contributed by atoms with Crippen molar-refractivity contribution in [3.05, 3.63) is 22.7 Å². The molecule has 0 atom stereocenters. The lowest BCUT2D eigenvalue weighted by molar-refractivity contribution is -0.121. The molecule has 0 aromatic carbocycles. The van der Waals surface area contributed by atoms with Crippen LogP contribution in [0.25, 0.3) is 11.4 Å². The number of aliphatic hydroxyl groups excluding tert-OH is 1. The van der Waals surface area contributed by atoms with Gasteiger partial charge in [-0.2, -0.15) is 16.3 Å². The van der Waals surface area contributed by atoms with Crippen molar-refractivity contribution in [2.75, 3.05) is 13.2 Å². The van der Waals surface area contributed by atoms with E-state index in [1.165, 1.54) is 0 Å². The van der Waals surface area contributed by atoms with Gasteiger partial charge in [-0.25, -0.2) is 0 Å². The Labute approximate surface area is 114 Å². The van der Waals surface area contributed by atoms with E-state index < -0.39 is 0 Å². The SMILES string of the molecule is O=C(CCc1nc(-c2ccsc2)no1)NCCCO. The van der Waals surface area contributed by atoms with Gasteiger partial charge in [-0.05, 0) is 17.9 Å². The molecular weight excluding hydrogens is 266 g/mol. The van der Waals surface area contributed by atoms with E-state index in [0.29, 0.717) is 37.5 Å². The van der Waals surface area contributed by atoms with Gasteiger partial charge in [0.2, 0.25) is 17.6 Å². The molecule has 0 aliphatic rings. The summed E-state index contributed by atoms with van der Waals surface area (Å²) in [5.74, 6) is 0.930. The number of aromatic nitrogens is 2. The lowest BCUT2D eigenvalue weighted by Gasteiger charge is -2.01. The van der Waals surface area contributed by atoms with Crippen LogP contribution in [0.5, 0.6) is 0 Å². The van der Waals surface area contributed by atoms with Crippen LogP contribution >= 0.6 is 11.3 Å². The first-order valence-electron chi connectivity index (χ1n) is 6.02. The van der Waals surface area contributed by atoms with E-state index in [1.54, 1.807) is 11.3 Å². The molecule has 0 fully saturated rings. The molecule has 1 amide bonds. The van der Waals surface area contributed by atoms with E-state index in [0.717, 1.165) is 5.56 Å². The third kappa shape index (κ3) is 4.15. The number of hydrogen-bond acceptors (Lipinski definition) is 6. The molecule has 2 aromatic rings. The number of rotatable bonds is 7. The summed E-state index contributed by atoms with van der Waals surface area (Å²) < 4.78 is 5.09. The van der Waals surface area contributed by atoms with Gasteiger partial charge in [0.1, 0.15) is 0 Å². The lowest BCUT2D eigenvalue weighted by atomic mass is 10.3. The lowest BCUT2D eigenvalue weighted by Crippen LogP contribution is -2.25. The molecule has 0 aliphatic carbocycles. The molecule has 19 heavy (non-hydrogen) atoms. The zero-order chi connectivity index (χ0) is 13.5. The molecule has 0 spiro atoms. The van der Waals surface area contributed by atoms with Crippen LogP contribution in [0.1, 0.15) is 18.7 Å². The quantitative estimate of drug-likeness (QED) is 0.745. The topological polar surface area (TPSA) is 88.2 Å². The molecule has 7 heteroatoms. The number of aryl methyl sites for hydroxylation is 1. The maximum atomic E-state index is 11.4. The Bertz CT molecular complexity index is 510. The van der Waals surface area contributed by atoms with Crippen LogP contribution in [0.2, 0.25) is 0 Å². The summed E-state index contributed by atoms with van der Waals surface area (Å²) in [5, 5.41) is 19.1. The van der Waals surface area contributed by atoms with E-state index in [1.807, 2.05) is 16.8 Å². The van der Waals surface area contributed by atoms with Gasteiger partial charge in [-0.15, -0.1) is 0 Å². The summed E-state index contributed by atoms with van der Waals surface area (Å²) in [4.78, 5) is 15.7. The molecule has 2 N–H and O–H groups in total. The molecule has 0 unspecified atom stereocenters. The third-order valence-corrected chi connectivity index (χ3v) is 3.15. The molecule has 0 aliphatic heterocycles. The number of aliphatic hydroxyl groups is 1. The molecule has 102 valence electrons. The smallest absolute Gasteiger partial charge is 0.227 e. The highest BCUT2D eigenvalue weighted by Crippen LogP contribution is 2.18.